The highest BCUT2D eigenvalue weighted by molar-refractivity contribution is 7.99. The van der Waals surface area contributed by atoms with Crippen molar-refractivity contribution in [2.75, 3.05) is 6.61 Å². The maximum Gasteiger partial charge on any atom is 0.142 e. The van der Waals surface area contributed by atoms with Gasteiger partial charge in [-0.3, -0.25) is 4.98 Å². The van der Waals surface area contributed by atoms with Gasteiger partial charge < -0.3 is 31.1 Å². The number of halogens is 3. The molecule has 5 unspecified atom stereocenters. The largest absolute Gasteiger partial charge is 0.397 e. The number of pyridine rings is 1. The number of nitrogens with zero attached hydrogens (tertiary/aromatic N) is 1. The van der Waals surface area contributed by atoms with E-state index in [0.29, 0.717) is 15.5 Å². The van der Waals surface area contributed by atoms with Crippen LogP contribution in [0.25, 0.3) is 5.70 Å². The van der Waals surface area contributed by atoms with Crippen molar-refractivity contribution < 1.29 is 24.4 Å². The summed E-state index contributed by atoms with van der Waals surface area (Å²) in [6.45, 7) is -0.460. The monoisotopic (exact) mass is 475 g/mol. The third-order valence-corrected chi connectivity index (χ3v) is 6.13. The van der Waals surface area contributed by atoms with Crippen molar-refractivity contribution in [3.05, 3.63) is 64.3 Å². The molecule has 6 N–H and O–H groups in total. The topological polar surface area (TPSA) is 121 Å². The van der Waals surface area contributed by atoms with Gasteiger partial charge >= 0.3 is 0 Å². The smallest absolute Gasteiger partial charge is 0.142 e. The average Bonchev–Trinajstić information content (AvgIpc) is 2.72. The van der Waals surface area contributed by atoms with Gasteiger partial charge in [-0.25, -0.2) is 4.39 Å². The molecular weight excluding hydrogens is 456 g/mol. The molecule has 1 fully saturated rings. The molecule has 1 aliphatic heterocycles. The van der Waals surface area contributed by atoms with Crippen LogP contribution in [0.5, 0.6) is 0 Å². The summed E-state index contributed by atoms with van der Waals surface area (Å²) < 4.78 is 19.3. The molecule has 2 heterocycles. The number of hydrogen-bond donors (Lipinski definition) is 5. The number of thioether (sulfide) groups is 1. The van der Waals surface area contributed by atoms with Gasteiger partial charge in [0, 0.05) is 29.1 Å². The molecule has 0 bridgehead atoms. The lowest BCUT2D eigenvalue weighted by molar-refractivity contribution is -0.164. The molecule has 0 amide bonds. The van der Waals surface area contributed by atoms with E-state index in [1.165, 1.54) is 30.6 Å². The van der Waals surface area contributed by atoms with Crippen LogP contribution in [0.1, 0.15) is 5.56 Å². The summed E-state index contributed by atoms with van der Waals surface area (Å²) in [6, 6.07) is 4.82. The van der Waals surface area contributed by atoms with Crippen LogP contribution in [-0.4, -0.2) is 56.7 Å². The number of nitrogens with two attached hydrogens (primary N) is 1. The predicted molar refractivity (Wildman–Crippen MR) is 113 cm³/mol. The predicted octanol–water partition coefficient (Wildman–Crippen LogP) is 1.97. The maximum atomic E-state index is 13.7. The second-order valence-corrected chi connectivity index (χ2v) is 8.60. The molecule has 0 radical (unpaired) electrons. The molecule has 1 aromatic heterocycles. The molecule has 3 rings (SSSR count). The van der Waals surface area contributed by atoms with Crippen molar-refractivity contribution in [1.82, 2.24) is 10.3 Å². The lowest BCUT2D eigenvalue weighted by Crippen LogP contribution is -2.62. The van der Waals surface area contributed by atoms with E-state index < -0.39 is 42.2 Å². The standard InChI is InChI=1S/C19H20Cl2FN3O4S/c20-10-4-11(6-24-5-10)30-19-18(28)16(17(27)15(8-26)29-19)25-7-14(23)9-1-2-12(21)13(22)3-9/h1-7,15-19,25-28H,8,23H2/b14-7-. The maximum absolute atomic E-state index is 13.7. The average molecular weight is 476 g/mol. The minimum atomic E-state index is -1.23. The Labute approximate surface area is 186 Å². The number of aliphatic hydroxyl groups is 3. The summed E-state index contributed by atoms with van der Waals surface area (Å²) >= 11 is 12.8. The van der Waals surface area contributed by atoms with Gasteiger partial charge in [0.05, 0.1) is 28.4 Å². The van der Waals surface area contributed by atoms with Gasteiger partial charge in [-0.1, -0.05) is 41.0 Å². The van der Waals surface area contributed by atoms with Crippen molar-refractivity contribution in [1.29, 1.82) is 0 Å². The first kappa shape index (κ1) is 23.1. The molecule has 1 aromatic carbocycles. The van der Waals surface area contributed by atoms with E-state index in [1.54, 1.807) is 12.3 Å². The third kappa shape index (κ3) is 5.36. The Hall–Kier alpha value is -1.59. The molecular formula is C19H20Cl2FN3O4S. The molecule has 2 aromatic rings. The highest BCUT2D eigenvalue weighted by Crippen LogP contribution is 2.34. The van der Waals surface area contributed by atoms with E-state index in [4.69, 9.17) is 33.7 Å². The molecule has 0 saturated carbocycles. The van der Waals surface area contributed by atoms with E-state index in [-0.39, 0.29) is 10.7 Å². The summed E-state index contributed by atoms with van der Waals surface area (Å²) in [7, 11) is 0. The molecule has 30 heavy (non-hydrogen) atoms. The highest BCUT2D eigenvalue weighted by atomic mass is 35.5. The Morgan fingerprint density at radius 2 is 2.03 bits per heavy atom. The molecule has 11 heteroatoms. The van der Waals surface area contributed by atoms with Crippen LogP contribution in [0.15, 0.2) is 47.8 Å². The Balaban J connectivity index is 1.77. The first-order chi connectivity index (χ1) is 14.3. The number of ether oxygens (including phenoxy) is 1. The lowest BCUT2D eigenvalue weighted by atomic mass is 9.97. The van der Waals surface area contributed by atoms with Gasteiger partial charge in [-0.15, -0.1) is 0 Å². The van der Waals surface area contributed by atoms with Crippen LogP contribution < -0.4 is 11.1 Å². The molecule has 1 aliphatic rings. The molecule has 7 nitrogen and oxygen atoms in total. The number of hydrogen-bond acceptors (Lipinski definition) is 8. The number of rotatable bonds is 6. The van der Waals surface area contributed by atoms with Crippen molar-refractivity contribution in [3.63, 3.8) is 0 Å². The van der Waals surface area contributed by atoms with E-state index in [0.717, 1.165) is 11.8 Å². The summed E-state index contributed by atoms with van der Waals surface area (Å²) in [5.74, 6) is -0.622. The van der Waals surface area contributed by atoms with E-state index in [9.17, 15) is 19.7 Å². The van der Waals surface area contributed by atoms with Crippen molar-refractivity contribution in [2.45, 2.75) is 34.7 Å². The third-order valence-electron chi connectivity index (χ3n) is 4.50. The quantitative estimate of drug-likeness (QED) is 0.429. The van der Waals surface area contributed by atoms with Crippen LogP contribution in [-0.2, 0) is 4.74 Å². The van der Waals surface area contributed by atoms with Crippen molar-refractivity contribution in [3.8, 4) is 0 Å². The molecule has 1 saturated heterocycles. The van der Waals surface area contributed by atoms with Crippen LogP contribution in [0.3, 0.4) is 0 Å². The molecule has 5 atom stereocenters. The summed E-state index contributed by atoms with van der Waals surface area (Å²) in [5.41, 5.74) is 5.69. The number of nitrogens with one attached hydrogen (secondary N) is 1. The van der Waals surface area contributed by atoms with Gasteiger partial charge in [-0.2, -0.15) is 0 Å². The fourth-order valence-corrected chi connectivity index (χ4v) is 4.37. The van der Waals surface area contributed by atoms with Gasteiger partial charge in [-0.05, 0) is 18.2 Å². The number of benzene rings is 1. The van der Waals surface area contributed by atoms with E-state index >= 15 is 0 Å². The van der Waals surface area contributed by atoms with Gasteiger partial charge in [0.25, 0.3) is 0 Å². The van der Waals surface area contributed by atoms with Gasteiger partial charge in [0.1, 0.15) is 29.6 Å². The normalized spacial score (nSPS) is 27.1. The van der Waals surface area contributed by atoms with E-state index in [2.05, 4.69) is 10.3 Å². The SMILES string of the molecule is N/C(=C\NC1C(O)C(CO)OC(Sc2cncc(Cl)c2)C1O)c1ccc(Cl)c(F)c1. The van der Waals surface area contributed by atoms with Crippen LogP contribution in [0.2, 0.25) is 10.0 Å². The minimum absolute atomic E-state index is 0.0315. The Bertz CT molecular complexity index is 923. The van der Waals surface area contributed by atoms with Crippen molar-refractivity contribution >= 4 is 40.7 Å². The van der Waals surface area contributed by atoms with Gasteiger partial charge in [0.15, 0.2) is 0 Å². The van der Waals surface area contributed by atoms with Crippen LogP contribution >= 0.6 is 35.0 Å². The fourth-order valence-electron chi connectivity index (χ4n) is 2.92. The zero-order chi connectivity index (χ0) is 21.8. The highest BCUT2D eigenvalue weighted by Gasteiger charge is 2.44. The summed E-state index contributed by atoms with van der Waals surface area (Å²) in [5, 5.41) is 34.1. The first-order valence-electron chi connectivity index (χ1n) is 8.87. The first-order valence-corrected chi connectivity index (χ1v) is 10.5. The Morgan fingerprint density at radius 3 is 2.70 bits per heavy atom. The summed E-state index contributed by atoms with van der Waals surface area (Å²) in [4.78, 5) is 4.63. The van der Waals surface area contributed by atoms with Crippen molar-refractivity contribution in [2.24, 2.45) is 5.73 Å². The molecule has 0 spiro atoms. The lowest BCUT2D eigenvalue weighted by Gasteiger charge is -2.42. The van der Waals surface area contributed by atoms with Gasteiger partial charge in [0.2, 0.25) is 0 Å². The molecule has 0 aliphatic carbocycles. The zero-order valence-electron chi connectivity index (χ0n) is 15.5. The van der Waals surface area contributed by atoms with Crippen LogP contribution in [0, 0.1) is 5.82 Å². The second-order valence-electron chi connectivity index (χ2n) is 6.58. The Kier molecular flexibility index (Phi) is 7.81. The minimum Gasteiger partial charge on any atom is -0.397 e. The number of aliphatic hydroxyl groups excluding tert-OH is 3. The van der Waals surface area contributed by atoms with E-state index in [1.807, 2.05) is 0 Å². The Morgan fingerprint density at radius 1 is 1.27 bits per heavy atom. The summed E-state index contributed by atoms with van der Waals surface area (Å²) in [6.07, 6.45) is 1.02. The zero-order valence-corrected chi connectivity index (χ0v) is 17.8. The number of aromatic nitrogens is 1. The molecule has 162 valence electrons. The van der Waals surface area contributed by atoms with Crippen LogP contribution in [0.4, 0.5) is 4.39 Å². The second kappa shape index (κ2) is 10.1. The fraction of sp³-hybridized carbons (Fsp3) is 0.316.